The van der Waals surface area contributed by atoms with E-state index in [4.69, 9.17) is 9.84 Å². The Morgan fingerprint density at radius 3 is 2.48 bits per heavy atom. The molecule has 0 aliphatic heterocycles. The Labute approximate surface area is 182 Å². The van der Waals surface area contributed by atoms with Crippen molar-refractivity contribution in [1.29, 1.82) is 0 Å². The number of rotatable bonds is 13. The molecule has 0 amide bonds. The van der Waals surface area contributed by atoms with Gasteiger partial charge in [-0.05, 0) is 48.7 Å². The first kappa shape index (κ1) is 22.5. The molecule has 0 bridgehead atoms. The van der Waals surface area contributed by atoms with Gasteiger partial charge in [-0.3, -0.25) is 4.79 Å². The standard InChI is InChI=1S/C24H29N3O4/c1-2-3-4-5-6-7-8-18-9-12-21(13-10-18)31-17-20(28)16-27-23-14-11-19(24(29)30)15-22(23)25-26-27/h9-15H,2-8,16-17H2,1H3,(H,29,30). The monoisotopic (exact) mass is 423 g/mol. The summed E-state index contributed by atoms with van der Waals surface area (Å²) in [6.45, 7) is 2.18. The minimum absolute atomic E-state index is 0.0129. The van der Waals surface area contributed by atoms with Crippen molar-refractivity contribution >= 4 is 22.8 Å². The fourth-order valence-electron chi connectivity index (χ4n) is 3.46. The molecule has 0 radical (unpaired) electrons. The van der Waals surface area contributed by atoms with E-state index < -0.39 is 5.97 Å². The van der Waals surface area contributed by atoms with Gasteiger partial charge in [0.15, 0.2) is 5.78 Å². The normalized spacial score (nSPS) is 11.0. The number of hydrogen-bond acceptors (Lipinski definition) is 5. The topological polar surface area (TPSA) is 94.3 Å². The molecule has 1 aromatic heterocycles. The number of carboxylic acid groups (broad SMARTS) is 1. The van der Waals surface area contributed by atoms with Crippen molar-refractivity contribution in [2.24, 2.45) is 0 Å². The molecule has 2 aromatic carbocycles. The van der Waals surface area contributed by atoms with Gasteiger partial charge >= 0.3 is 5.97 Å². The molecular weight excluding hydrogens is 394 g/mol. The molecule has 0 aliphatic rings. The maximum absolute atomic E-state index is 12.3. The van der Waals surface area contributed by atoms with Crippen molar-refractivity contribution in [2.45, 2.75) is 58.4 Å². The fraction of sp³-hybridized carbons (Fsp3) is 0.417. The molecule has 0 fully saturated rings. The van der Waals surface area contributed by atoms with E-state index in [1.807, 2.05) is 12.1 Å². The van der Waals surface area contributed by atoms with Crippen molar-refractivity contribution in [1.82, 2.24) is 15.0 Å². The highest BCUT2D eigenvalue weighted by Crippen LogP contribution is 2.16. The highest BCUT2D eigenvalue weighted by molar-refractivity contribution is 5.92. The van der Waals surface area contributed by atoms with Crippen LogP contribution in [-0.2, 0) is 17.8 Å². The summed E-state index contributed by atoms with van der Waals surface area (Å²) in [6.07, 6.45) is 8.75. The van der Waals surface area contributed by atoms with Gasteiger partial charge in [0.05, 0.1) is 11.1 Å². The van der Waals surface area contributed by atoms with Gasteiger partial charge in [0, 0.05) is 0 Å². The molecule has 3 rings (SSSR count). The van der Waals surface area contributed by atoms with E-state index in [2.05, 4.69) is 29.4 Å². The van der Waals surface area contributed by atoms with E-state index in [0.29, 0.717) is 16.8 Å². The summed E-state index contributed by atoms with van der Waals surface area (Å²) < 4.78 is 7.07. The summed E-state index contributed by atoms with van der Waals surface area (Å²) in [5.41, 5.74) is 2.46. The summed E-state index contributed by atoms with van der Waals surface area (Å²) >= 11 is 0. The average molecular weight is 424 g/mol. The molecule has 0 saturated carbocycles. The Balaban J connectivity index is 1.44. The summed E-state index contributed by atoms with van der Waals surface area (Å²) in [6, 6.07) is 12.4. The summed E-state index contributed by atoms with van der Waals surface area (Å²) in [5.74, 6) is -0.515. The SMILES string of the molecule is CCCCCCCCc1ccc(OCC(=O)Cn2nnc3cc(C(=O)O)ccc32)cc1. The van der Waals surface area contributed by atoms with Crippen LogP contribution < -0.4 is 4.74 Å². The van der Waals surface area contributed by atoms with Crippen LogP contribution in [0.1, 0.15) is 61.4 Å². The van der Waals surface area contributed by atoms with Gasteiger partial charge in [-0.2, -0.15) is 0 Å². The van der Waals surface area contributed by atoms with Crippen LogP contribution in [0.5, 0.6) is 5.75 Å². The second-order valence-electron chi connectivity index (χ2n) is 7.74. The third-order valence-corrected chi connectivity index (χ3v) is 5.23. The number of Topliss-reactive ketones (excluding diaryl/α,β-unsaturated/α-hetero) is 1. The quantitative estimate of drug-likeness (QED) is 0.401. The molecule has 0 unspecified atom stereocenters. The van der Waals surface area contributed by atoms with Crippen LogP contribution >= 0.6 is 0 Å². The van der Waals surface area contributed by atoms with Crippen LogP contribution in [0, 0.1) is 0 Å². The number of benzene rings is 2. The number of aromatic carboxylic acids is 1. The average Bonchev–Trinajstić information content (AvgIpc) is 3.17. The minimum Gasteiger partial charge on any atom is -0.486 e. The zero-order valence-electron chi connectivity index (χ0n) is 17.9. The van der Waals surface area contributed by atoms with Gasteiger partial charge in [0.25, 0.3) is 0 Å². The van der Waals surface area contributed by atoms with Crippen molar-refractivity contribution < 1.29 is 19.4 Å². The Bertz CT molecular complexity index is 1010. The van der Waals surface area contributed by atoms with Gasteiger partial charge in [-0.15, -0.1) is 5.10 Å². The molecule has 31 heavy (non-hydrogen) atoms. The number of nitrogens with zero attached hydrogens (tertiary/aromatic N) is 3. The summed E-state index contributed by atoms with van der Waals surface area (Å²) in [4.78, 5) is 23.4. The van der Waals surface area contributed by atoms with E-state index in [1.54, 1.807) is 6.07 Å². The number of aromatic nitrogens is 3. The van der Waals surface area contributed by atoms with Gasteiger partial charge in [0.1, 0.15) is 24.4 Å². The highest BCUT2D eigenvalue weighted by atomic mass is 16.5. The molecule has 3 aromatic rings. The Morgan fingerprint density at radius 1 is 1.00 bits per heavy atom. The van der Waals surface area contributed by atoms with Gasteiger partial charge < -0.3 is 9.84 Å². The number of unbranched alkanes of at least 4 members (excludes halogenated alkanes) is 5. The molecule has 1 heterocycles. The second-order valence-corrected chi connectivity index (χ2v) is 7.74. The number of carbonyl (C=O) groups excluding carboxylic acids is 1. The lowest BCUT2D eigenvalue weighted by molar-refractivity contribution is -0.121. The van der Waals surface area contributed by atoms with E-state index in [-0.39, 0.29) is 24.5 Å². The lowest BCUT2D eigenvalue weighted by Crippen LogP contribution is -2.18. The number of fused-ring (bicyclic) bond motifs is 1. The molecule has 0 atom stereocenters. The molecule has 7 heteroatoms. The van der Waals surface area contributed by atoms with Gasteiger partial charge in [-0.25, -0.2) is 9.48 Å². The highest BCUT2D eigenvalue weighted by Gasteiger charge is 2.12. The second kappa shape index (κ2) is 11.2. The number of ether oxygens (including phenoxy) is 1. The molecule has 164 valence electrons. The first-order valence-corrected chi connectivity index (χ1v) is 10.9. The first-order chi connectivity index (χ1) is 15.1. The molecule has 0 spiro atoms. The van der Waals surface area contributed by atoms with Crippen molar-refractivity contribution in [3.8, 4) is 5.75 Å². The molecule has 1 N–H and O–H groups in total. The number of carboxylic acids is 1. The van der Waals surface area contributed by atoms with E-state index >= 15 is 0 Å². The Kier molecular flexibility index (Phi) is 8.15. The van der Waals surface area contributed by atoms with Crippen molar-refractivity contribution in [3.63, 3.8) is 0 Å². The predicted molar refractivity (Wildman–Crippen MR) is 119 cm³/mol. The maximum atomic E-state index is 12.3. The Hall–Kier alpha value is -3.22. The van der Waals surface area contributed by atoms with Crippen LogP contribution in [0.25, 0.3) is 11.0 Å². The molecule has 7 nitrogen and oxygen atoms in total. The van der Waals surface area contributed by atoms with E-state index in [9.17, 15) is 9.59 Å². The van der Waals surface area contributed by atoms with Crippen molar-refractivity contribution in [3.05, 3.63) is 53.6 Å². The fourth-order valence-corrected chi connectivity index (χ4v) is 3.46. The number of ketones is 1. The van der Waals surface area contributed by atoms with E-state index in [1.165, 1.54) is 60.9 Å². The zero-order chi connectivity index (χ0) is 22.1. The maximum Gasteiger partial charge on any atom is 0.335 e. The van der Waals surface area contributed by atoms with E-state index in [0.717, 1.165) is 6.42 Å². The number of carbonyl (C=O) groups is 2. The zero-order valence-corrected chi connectivity index (χ0v) is 17.9. The van der Waals surface area contributed by atoms with Gasteiger partial charge in [0.2, 0.25) is 0 Å². The molecular formula is C24H29N3O4. The van der Waals surface area contributed by atoms with Crippen LogP contribution in [0.4, 0.5) is 0 Å². The van der Waals surface area contributed by atoms with Crippen LogP contribution in [0.2, 0.25) is 0 Å². The summed E-state index contributed by atoms with van der Waals surface area (Å²) in [5, 5.41) is 16.9. The van der Waals surface area contributed by atoms with Crippen molar-refractivity contribution in [2.75, 3.05) is 6.61 Å². The largest absolute Gasteiger partial charge is 0.486 e. The summed E-state index contributed by atoms with van der Waals surface area (Å²) in [7, 11) is 0. The minimum atomic E-state index is -1.03. The third kappa shape index (κ3) is 6.64. The predicted octanol–water partition coefficient (Wildman–Crippen LogP) is 4.68. The van der Waals surface area contributed by atoms with Gasteiger partial charge in [-0.1, -0.05) is 56.4 Å². The van der Waals surface area contributed by atoms with Crippen LogP contribution in [0.15, 0.2) is 42.5 Å². The first-order valence-electron chi connectivity index (χ1n) is 10.9. The third-order valence-electron chi connectivity index (χ3n) is 5.23. The Morgan fingerprint density at radius 2 is 1.74 bits per heavy atom. The lowest BCUT2D eigenvalue weighted by atomic mass is 10.0. The lowest BCUT2D eigenvalue weighted by Gasteiger charge is -2.07. The van der Waals surface area contributed by atoms with Crippen LogP contribution in [0.3, 0.4) is 0 Å². The van der Waals surface area contributed by atoms with Crippen LogP contribution in [-0.4, -0.2) is 38.5 Å². The molecule has 0 saturated heterocycles. The number of hydrogen-bond donors (Lipinski definition) is 1. The smallest absolute Gasteiger partial charge is 0.335 e. The molecule has 0 aliphatic carbocycles. The number of aryl methyl sites for hydroxylation is 1.